The number of hydrogen-bond acceptors (Lipinski definition) is 0. The van der Waals surface area contributed by atoms with Gasteiger partial charge in [-0.05, 0) is 5.56 Å². The normalized spacial score (nSPS) is 9.25. The van der Waals surface area contributed by atoms with Crippen LogP contribution in [0.2, 0.25) is 0 Å². The maximum Gasteiger partial charge on any atom is 0.173 e. The Labute approximate surface area is 113 Å². The van der Waals surface area contributed by atoms with Crippen LogP contribution in [0.5, 0.6) is 0 Å². The van der Waals surface area contributed by atoms with Gasteiger partial charge < -0.3 is 24.0 Å². The van der Waals surface area contributed by atoms with Crippen LogP contribution in [0.15, 0.2) is 61.4 Å². The van der Waals surface area contributed by atoms with Crippen molar-refractivity contribution in [3.05, 3.63) is 72.6 Å². The van der Waals surface area contributed by atoms with Gasteiger partial charge in [0, 0.05) is 17.7 Å². The Morgan fingerprint density at radius 2 is 1.62 bits per heavy atom. The second-order valence-corrected chi connectivity index (χ2v) is 3.49. The van der Waals surface area contributed by atoms with Crippen LogP contribution in [0.4, 0.5) is 0 Å². The molecule has 0 unspecified atom stereocenters. The number of nitrogens with zero attached hydrogens (tertiary/aromatic N) is 1. The Bertz CT molecular complexity index is 434. The minimum absolute atomic E-state index is 0. The molecule has 1 nitrogen and oxygen atoms in total. The first-order valence-electron chi connectivity index (χ1n) is 5.04. The molecule has 82 valence electrons. The predicted octanol–water partition coefficient (Wildman–Crippen LogP) is -0.331. The predicted molar refractivity (Wildman–Crippen MR) is 62.3 cm³/mol. The van der Waals surface area contributed by atoms with Gasteiger partial charge in [0.05, 0.1) is 0 Å². The minimum atomic E-state index is 0. The molecule has 0 radical (unpaired) electrons. The van der Waals surface area contributed by atoms with Crippen molar-refractivity contribution in [1.82, 2.24) is 0 Å². The third-order valence-corrected chi connectivity index (χ3v) is 2.36. The molecule has 0 saturated carbocycles. The maximum atomic E-state index is 3.74. The largest absolute Gasteiger partial charge is 1.00 e. The Hall–Kier alpha value is -1.16. The molecule has 0 aliphatic rings. The minimum Gasteiger partial charge on any atom is -1.00 e. The van der Waals surface area contributed by atoms with Gasteiger partial charge in [-0.3, -0.25) is 0 Å². The second-order valence-electron chi connectivity index (χ2n) is 3.49. The molecule has 1 aromatic heterocycles. The molecule has 0 aliphatic carbocycles. The Kier molecular flexibility index (Phi) is 5.19. The van der Waals surface area contributed by atoms with E-state index in [1.165, 1.54) is 5.56 Å². The van der Waals surface area contributed by atoms with E-state index in [9.17, 15) is 0 Å². The van der Waals surface area contributed by atoms with Crippen molar-refractivity contribution in [3.8, 4) is 0 Å². The van der Waals surface area contributed by atoms with E-state index < -0.39 is 0 Å². The van der Waals surface area contributed by atoms with E-state index in [1.54, 1.807) is 0 Å². The third kappa shape index (κ3) is 3.45. The smallest absolute Gasteiger partial charge is 0.173 e. The van der Waals surface area contributed by atoms with Crippen LogP contribution in [0.1, 0.15) is 11.1 Å². The lowest BCUT2D eigenvalue weighted by atomic mass is 10.1. The monoisotopic (exact) mass is 323 g/mol. The van der Waals surface area contributed by atoms with Crippen molar-refractivity contribution in [2.45, 2.75) is 6.54 Å². The number of hydrogen-bond donors (Lipinski definition) is 0. The highest BCUT2D eigenvalue weighted by molar-refractivity contribution is 5.47. The van der Waals surface area contributed by atoms with E-state index in [4.69, 9.17) is 0 Å². The first-order chi connectivity index (χ1) is 7.38. The molecule has 0 amide bonds. The summed E-state index contributed by atoms with van der Waals surface area (Å²) in [5.41, 5.74) is 2.47. The number of aromatic nitrogens is 1. The number of benzene rings is 1. The lowest BCUT2D eigenvalue weighted by Crippen LogP contribution is -3.00. The zero-order chi connectivity index (χ0) is 10.5. The molecule has 0 atom stereocenters. The molecule has 0 saturated heterocycles. The van der Waals surface area contributed by atoms with E-state index >= 15 is 0 Å². The molecule has 2 aromatic rings. The molecule has 0 fully saturated rings. The van der Waals surface area contributed by atoms with Gasteiger partial charge in [0.1, 0.15) is 0 Å². The summed E-state index contributed by atoms with van der Waals surface area (Å²) in [6.45, 7) is 4.65. The summed E-state index contributed by atoms with van der Waals surface area (Å²) in [5, 5.41) is 0. The molecule has 2 heteroatoms. The summed E-state index contributed by atoms with van der Waals surface area (Å²) in [6, 6.07) is 14.6. The number of halogens is 1. The van der Waals surface area contributed by atoms with Crippen LogP contribution < -0.4 is 28.5 Å². The molecule has 0 bridgehead atoms. The Balaban J connectivity index is 0.00000128. The number of pyridine rings is 1. The molecular weight excluding hydrogens is 309 g/mol. The van der Waals surface area contributed by atoms with Gasteiger partial charge in [-0.2, -0.15) is 0 Å². The summed E-state index contributed by atoms with van der Waals surface area (Å²) in [6.07, 6.45) is 6.00. The summed E-state index contributed by atoms with van der Waals surface area (Å²) in [4.78, 5) is 0. The number of rotatable bonds is 3. The van der Waals surface area contributed by atoms with Crippen LogP contribution in [-0.4, -0.2) is 0 Å². The van der Waals surface area contributed by atoms with E-state index in [-0.39, 0.29) is 24.0 Å². The molecule has 16 heavy (non-hydrogen) atoms. The lowest BCUT2D eigenvalue weighted by Gasteiger charge is -1.98. The highest BCUT2D eigenvalue weighted by Gasteiger charge is 1.99. The summed E-state index contributed by atoms with van der Waals surface area (Å²) in [5.74, 6) is 0. The van der Waals surface area contributed by atoms with Crippen molar-refractivity contribution >= 4 is 6.08 Å². The van der Waals surface area contributed by atoms with E-state index in [0.29, 0.717) is 0 Å². The molecular formula is C14H14IN. The van der Waals surface area contributed by atoms with Gasteiger partial charge >= 0.3 is 0 Å². The summed E-state index contributed by atoms with van der Waals surface area (Å²) in [7, 11) is 0. The molecule has 0 N–H and O–H groups in total. The zero-order valence-electron chi connectivity index (χ0n) is 9.01. The standard InChI is InChI=1S/C14H14N.HI/c1-2-13-6-8-14(9-7-13)12-15-10-4-3-5-11-15;/h2-11H,1,12H2;1H/q+1;/p-1. The topological polar surface area (TPSA) is 3.88 Å². The van der Waals surface area contributed by atoms with Gasteiger partial charge in [-0.25, -0.2) is 4.57 Å². The van der Waals surface area contributed by atoms with Gasteiger partial charge in [0.2, 0.25) is 0 Å². The van der Waals surface area contributed by atoms with Crippen LogP contribution >= 0.6 is 0 Å². The molecule has 1 heterocycles. The molecule has 0 aliphatic heterocycles. The lowest BCUT2D eigenvalue weighted by molar-refractivity contribution is -0.688. The fraction of sp³-hybridized carbons (Fsp3) is 0.0714. The highest BCUT2D eigenvalue weighted by atomic mass is 127. The molecule has 0 spiro atoms. The average molecular weight is 323 g/mol. The summed E-state index contributed by atoms with van der Waals surface area (Å²) >= 11 is 0. The van der Waals surface area contributed by atoms with Gasteiger partial charge in [0.25, 0.3) is 0 Å². The van der Waals surface area contributed by atoms with Crippen LogP contribution in [-0.2, 0) is 6.54 Å². The maximum absolute atomic E-state index is 3.74. The fourth-order valence-corrected chi connectivity index (χ4v) is 1.51. The van der Waals surface area contributed by atoms with Crippen LogP contribution in [0.25, 0.3) is 6.08 Å². The van der Waals surface area contributed by atoms with E-state index in [1.807, 2.05) is 24.3 Å². The first kappa shape index (κ1) is 12.9. The van der Waals surface area contributed by atoms with Crippen molar-refractivity contribution < 1.29 is 28.5 Å². The zero-order valence-corrected chi connectivity index (χ0v) is 11.2. The van der Waals surface area contributed by atoms with E-state index in [0.717, 1.165) is 12.1 Å². The molecule has 1 aromatic carbocycles. The Morgan fingerprint density at radius 3 is 2.19 bits per heavy atom. The molecule has 2 rings (SSSR count). The Morgan fingerprint density at radius 1 is 1.00 bits per heavy atom. The average Bonchev–Trinajstić information content (AvgIpc) is 2.31. The van der Waals surface area contributed by atoms with Crippen molar-refractivity contribution in [1.29, 1.82) is 0 Å². The quantitative estimate of drug-likeness (QED) is 0.538. The van der Waals surface area contributed by atoms with E-state index in [2.05, 4.69) is 47.8 Å². The van der Waals surface area contributed by atoms with Gasteiger partial charge in [-0.1, -0.05) is 43.0 Å². The third-order valence-electron chi connectivity index (χ3n) is 2.36. The SMILES string of the molecule is C=Cc1ccc(C[n+]2ccccc2)cc1.[I-]. The van der Waals surface area contributed by atoms with Crippen LogP contribution in [0, 0.1) is 0 Å². The second kappa shape index (κ2) is 6.43. The van der Waals surface area contributed by atoms with Crippen molar-refractivity contribution in [3.63, 3.8) is 0 Å². The first-order valence-corrected chi connectivity index (χ1v) is 5.04. The van der Waals surface area contributed by atoms with Crippen molar-refractivity contribution in [2.24, 2.45) is 0 Å². The van der Waals surface area contributed by atoms with Crippen LogP contribution in [0.3, 0.4) is 0 Å². The fourth-order valence-electron chi connectivity index (χ4n) is 1.51. The highest BCUT2D eigenvalue weighted by Crippen LogP contribution is 2.04. The van der Waals surface area contributed by atoms with Gasteiger partial charge in [-0.15, -0.1) is 0 Å². The van der Waals surface area contributed by atoms with Crippen molar-refractivity contribution in [2.75, 3.05) is 0 Å². The van der Waals surface area contributed by atoms with Gasteiger partial charge in [0.15, 0.2) is 18.9 Å². The summed E-state index contributed by atoms with van der Waals surface area (Å²) < 4.78 is 2.16.